The van der Waals surface area contributed by atoms with Crippen LogP contribution in [-0.2, 0) is 11.8 Å². The molecule has 4 rings (SSSR count). The van der Waals surface area contributed by atoms with Crippen molar-refractivity contribution in [2.24, 2.45) is 7.05 Å². The maximum absolute atomic E-state index is 12.7. The topological polar surface area (TPSA) is 71.3 Å². The monoisotopic (exact) mass is 349 g/mol. The average molecular weight is 349 g/mol. The molecule has 2 aromatic heterocycles. The van der Waals surface area contributed by atoms with Gasteiger partial charge in [0, 0.05) is 49.0 Å². The van der Waals surface area contributed by atoms with E-state index in [-0.39, 0.29) is 18.4 Å². The summed E-state index contributed by atoms with van der Waals surface area (Å²) in [7, 11) is 1.80. The molecule has 1 saturated heterocycles. The van der Waals surface area contributed by atoms with E-state index in [2.05, 4.69) is 10.1 Å². The summed E-state index contributed by atoms with van der Waals surface area (Å²) < 4.78 is 1.66. The van der Waals surface area contributed by atoms with Crippen molar-refractivity contribution in [3.05, 3.63) is 54.1 Å². The summed E-state index contributed by atoms with van der Waals surface area (Å²) >= 11 is 0. The van der Waals surface area contributed by atoms with Crippen LogP contribution in [-0.4, -0.2) is 51.1 Å². The smallest absolute Gasteiger partial charge is 0.274 e. The molecule has 0 bridgehead atoms. The minimum Gasteiger partial charge on any atom is -0.326 e. The molecule has 0 atom stereocenters. The first-order valence-corrected chi connectivity index (χ1v) is 8.47. The lowest BCUT2D eigenvalue weighted by molar-refractivity contribution is -0.120. The zero-order valence-corrected chi connectivity index (χ0v) is 14.7. The maximum atomic E-state index is 12.7. The van der Waals surface area contributed by atoms with Crippen LogP contribution in [0.3, 0.4) is 0 Å². The van der Waals surface area contributed by atoms with E-state index in [0.717, 1.165) is 22.2 Å². The van der Waals surface area contributed by atoms with E-state index in [0.29, 0.717) is 18.8 Å². The van der Waals surface area contributed by atoms with E-state index in [9.17, 15) is 9.59 Å². The summed E-state index contributed by atoms with van der Waals surface area (Å²) in [6, 6.07) is 9.48. The highest BCUT2D eigenvalue weighted by atomic mass is 16.2. The van der Waals surface area contributed by atoms with Gasteiger partial charge in [-0.25, -0.2) is 0 Å². The molecule has 26 heavy (non-hydrogen) atoms. The predicted octanol–water partition coefficient (Wildman–Crippen LogP) is 1.77. The second-order valence-corrected chi connectivity index (χ2v) is 6.44. The third-order valence-electron chi connectivity index (χ3n) is 4.79. The van der Waals surface area contributed by atoms with Crippen LogP contribution in [0.5, 0.6) is 0 Å². The quantitative estimate of drug-likeness (QED) is 0.707. The van der Waals surface area contributed by atoms with Gasteiger partial charge in [0.25, 0.3) is 5.91 Å². The van der Waals surface area contributed by atoms with Gasteiger partial charge in [-0.2, -0.15) is 5.10 Å². The fraction of sp³-hybridized carbons (Fsp3) is 0.263. The van der Waals surface area contributed by atoms with Crippen molar-refractivity contribution in [2.75, 3.05) is 24.5 Å². The number of pyridine rings is 1. The summed E-state index contributed by atoms with van der Waals surface area (Å²) in [6.07, 6.45) is 3.51. The highest BCUT2D eigenvalue weighted by molar-refractivity contribution is 6.06. The SMILES string of the molecule is Cc1cc(C(=O)N2CCN(c3cccc4cnccc34)C(=O)C2)nn1C. The fourth-order valence-electron chi connectivity index (χ4n) is 3.27. The number of hydrogen-bond donors (Lipinski definition) is 0. The second kappa shape index (κ2) is 6.25. The number of anilines is 1. The van der Waals surface area contributed by atoms with E-state index in [4.69, 9.17) is 0 Å². The first kappa shape index (κ1) is 16.3. The number of benzene rings is 1. The average Bonchev–Trinajstić information content (AvgIpc) is 2.99. The Morgan fingerprint density at radius 2 is 2.04 bits per heavy atom. The van der Waals surface area contributed by atoms with Crippen LogP contribution >= 0.6 is 0 Å². The molecule has 2 amide bonds. The number of carbonyl (C=O) groups is 2. The van der Waals surface area contributed by atoms with Gasteiger partial charge >= 0.3 is 0 Å². The first-order chi connectivity index (χ1) is 12.5. The van der Waals surface area contributed by atoms with Crippen LogP contribution < -0.4 is 4.90 Å². The second-order valence-electron chi connectivity index (χ2n) is 6.44. The van der Waals surface area contributed by atoms with Crippen molar-refractivity contribution in [3.63, 3.8) is 0 Å². The van der Waals surface area contributed by atoms with E-state index < -0.39 is 0 Å². The van der Waals surface area contributed by atoms with Crippen molar-refractivity contribution < 1.29 is 9.59 Å². The van der Waals surface area contributed by atoms with Crippen molar-refractivity contribution in [1.82, 2.24) is 19.7 Å². The number of aryl methyl sites for hydroxylation is 2. The van der Waals surface area contributed by atoms with E-state index in [1.54, 1.807) is 40.0 Å². The van der Waals surface area contributed by atoms with Crippen LogP contribution in [0.15, 0.2) is 42.7 Å². The Morgan fingerprint density at radius 3 is 2.77 bits per heavy atom. The lowest BCUT2D eigenvalue weighted by atomic mass is 10.1. The summed E-state index contributed by atoms with van der Waals surface area (Å²) in [5.41, 5.74) is 2.14. The Morgan fingerprint density at radius 1 is 1.19 bits per heavy atom. The zero-order chi connectivity index (χ0) is 18.3. The standard InChI is InChI=1S/C19H19N5O2/c1-13-10-16(21-22(13)2)19(26)23-8-9-24(18(25)12-23)17-5-3-4-14-11-20-7-6-15(14)17/h3-7,10-11H,8-9,12H2,1-2H3. The van der Waals surface area contributed by atoms with Crippen LogP contribution in [0.2, 0.25) is 0 Å². The number of carbonyl (C=O) groups excluding carboxylic acids is 2. The van der Waals surface area contributed by atoms with Crippen molar-refractivity contribution in [1.29, 1.82) is 0 Å². The van der Waals surface area contributed by atoms with E-state index in [1.165, 1.54) is 0 Å². The van der Waals surface area contributed by atoms with Gasteiger partial charge in [0.15, 0.2) is 5.69 Å². The molecule has 7 nitrogen and oxygen atoms in total. The Bertz CT molecular complexity index is 985. The molecule has 0 unspecified atom stereocenters. The zero-order valence-electron chi connectivity index (χ0n) is 14.7. The molecule has 3 heterocycles. The number of piperazine rings is 1. The van der Waals surface area contributed by atoms with Gasteiger partial charge in [-0.05, 0) is 25.1 Å². The van der Waals surface area contributed by atoms with Gasteiger partial charge in [0.2, 0.25) is 5.91 Å². The Kier molecular flexibility index (Phi) is 3.91. The fourth-order valence-corrected chi connectivity index (χ4v) is 3.27. The van der Waals surface area contributed by atoms with Crippen LogP contribution in [0, 0.1) is 6.92 Å². The van der Waals surface area contributed by atoms with Gasteiger partial charge in [0.1, 0.15) is 6.54 Å². The number of fused-ring (bicyclic) bond motifs is 1. The summed E-state index contributed by atoms with van der Waals surface area (Å²) in [4.78, 5) is 32.8. The van der Waals surface area contributed by atoms with Gasteiger partial charge in [-0.3, -0.25) is 19.3 Å². The molecule has 0 spiro atoms. The highest BCUT2D eigenvalue weighted by Gasteiger charge is 2.30. The molecule has 132 valence electrons. The van der Waals surface area contributed by atoms with E-state index >= 15 is 0 Å². The normalized spacial score (nSPS) is 14.9. The van der Waals surface area contributed by atoms with Gasteiger partial charge < -0.3 is 9.80 Å². The van der Waals surface area contributed by atoms with Gasteiger partial charge in [-0.1, -0.05) is 12.1 Å². The summed E-state index contributed by atoms with van der Waals surface area (Å²) in [6.45, 7) is 2.87. The molecule has 0 saturated carbocycles. The number of amides is 2. The number of nitrogens with zero attached hydrogens (tertiary/aromatic N) is 5. The molecule has 0 radical (unpaired) electrons. The number of hydrogen-bond acceptors (Lipinski definition) is 4. The molecule has 3 aromatic rings. The summed E-state index contributed by atoms with van der Waals surface area (Å²) in [5.74, 6) is -0.301. The lowest BCUT2D eigenvalue weighted by Gasteiger charge is -2.34. The first-order valence-electron chi connectivity index (χ1n) is 8.47. The van der Waals surface area contributed by atoms with Crippen molar-refractivity contribution in [3.8, 4) is 0 Å². The van der Waals surface area contributed by atoms with Crippen LogP contribution in [0.4, 0.5) is 5.69 Å². The molecule has 1 aromatic carbocycles. The Labute approximate surface area is 150 Å². The van der Waals surface area contributed by atoms with Crippen LogP contribution in [0.25, 0.3) is 10.8 Å². The van der Waals surface area contributed by atoms with Gasteiger partial charge in [0.05, 0.1) is 5.69 Å². The lowest BCUT2D eigenvalue weighted by Crippen LogP contribution is -2.52. The number of aromatic nitrogens is 3. The predicted molar refractivity (Wildman–Crippen MR) is 97.9 cm³/mol. The van der Waals surface area contributed by atoms with Crippen molar-refractivity contribution >= 4 is 28.3 Å². The maximum Gasteiger partial charge on any atom is 0.274 e. The molecular weight excluding hydrogens is 330 g/mol. The highest BCUT2D eigenvalue weighted by Crippen LogP contribution is 2.27. The van der Waals surface area contributed by atoms with Crippen molar-refractivity contribution in [2.45, 2.75) is 6.92 Å². The minimum atomic E-state index is -0.205. The molecule has 0 N–H and O–H groups in total. The third-order valence-corrected chi connectivity index (χ3v) is 4.79. The largest absolute Gasteiger partial charge is 0.326 e. The molecule has 7 heteroatoms. The molecular formula is C19H19N5O2. The molecule has 0 aliphatic carbocycles. The molecule has 1 aliphatic rings. The summed E-state index contributed by atoms with van der Waals surface area (Å²) in [5, 5.41) is 6.19. The van der Waals surface area contributed by atoms with Crippen LogP contribution in [0.1, 0.15) is 16.2 Å². The third kappa shape index (κ3) is 2.71. The Balaban J connectivity index is 1.57. The minimum absolute atomic E-state index is 0.0515. The molecule has 1 aliphatic heterocycles. The van der Waals surface area contributed by atoms with Gasteiger partial charge in [-0.15, -0.1) is 0 Å². The Hall–Kier alpha value is -3.22. The van der Waals surface area contributed by atoms with E-state index in [1.807, 2.05) is 31.2 Å². The molecule has 1 fully saturated rings. The number of rotatable bonds is 2.